The molecule has 2 aromatic rings. The van der Waals surface area contributed by atoms with Crippen LogP contribution in [0.1, 0.15) is 32.1 Å². The molecule has 1 aliphatic carbocycles. The van der Waals surface area contributed by atoms with Crippen LogP contribution in [-0.2, 0) is 0 Å². The van der Waals surface area contributed by atoms with E-state index in [1.165, 1.54) is 32.1 Å². The molecular formula is C17H20ClN3O. The Kier molecular flexibility index (Phi) is 4.78. The number of benzene rings is 1. The molecule has 0 saturated heterocycles. The van der Waals surface area contributed by atoms with Gasteiger partial charge in [-0.3, -0.25) is 0 Å². The van der Waals surface area contributed by atoms with Crippen LogP contribution in [0.15, 0.2) is 36.7 Å². The van der Waals surface area contributed by atoms with Crippen LogP contribution >= 0.6 is 11.6 Å². The molecule has 1 heterocycles. The molecule has 0 bridgehead atoms. The number of rotatable bonds is 4. The second kappa shape index (κ2) is 6.97. The Bertz CT molecular complexity index is 629. The van der Waals surface area contributed by atoms with Crippen LogP contribution in [0, 0.1) is 0 Å². The summed E-state index contributed by atoms with van der Waals surface area (Å²) < 4.78 is 5.78. The number of ether oxygens (including phenoxy) is 1. The SMILES string of the molecule is CN(c1cc(Oc2cccc(Cl)c2)ncn1)C1CCCCC1. The molecule has 1 fully saturated rings. The normalized spacial score (nSPS) is 15.5. The molecule has 0 amide bonds. The number of nitrogens with zero attached hydrogens (tertiary/aromatic N) is 3. The molecule has 0 N–H and O–H groups in total. The maximum Gasteiger partial charge on any atom is 0.224 e. The van der Waals surface area contributed by atoms with Gasteiger partial charge in [-0.15, -0.1) is 0 Å². The number of hydrogen-bond acceptors (Lipinski definition) is 4. The van der Waals surface area contributed by atoms with Gasteiger partial charge in [-0.25, -0.2) is 9.97 Å². The van der Waals surface area contributed by atoms with Crippen molar-refractivity contribution in [3.63, 3.8) is 0 Å². The molecule has 22 heavy (non-hydrogen) atoms. The highest BCUT2D eigenvalue weighted by atomic mass is 35.5. The van der Waals surface area contributed by atoms with Crippen molar-refractivity contribution >= 4 is 17.4 Å². The van der Waals surface area contributed by atoms with Gasteiger partial charge in [-0.1, -0.05) is 36.9 Å². The third kappa shape index (κ3) is 3.69. The topological polar surface area (TPSA) is 38.2 Å². The summed E-state index contributed by atoms with van der Waals surface area (Å²) in [5.41, 5.74) is 0. The maximum atomic E-state index is 5.97. The summed E-state index contributed by atoms with van der Waals surface area (Å²) in [5, 5.41) is 0.645. The molecule has 116 valence electrons. The van der Waals surface area contributed by atoms with Crippen molar-refractivity contribution < 1.29 is 4.74 Å². The van der Waals surface area contributed by atoms with Crippen molar-refractivity contribution in [3.8, 4) is 11.6 Å². The number of anilines is 1. The van der Waals surface area contributed by atoms with Gasteiger partial charge >= 0.3 is 0 Å². The van der Waals surface area contributed by atoms with Gasteiger partial charge < -0.3 is 9.64 Å². The molecular weight excluding hydrogens is 298 g/mol. The van der Waals surface area contributed by atoms with E-state index in [9.17, 15) is 0 Å². The second-order valence-corrected chi connectivity index (χ2v) is 6.11. The first-order valence-corrected chi connectivity index (χ1v) is 8.08. The largest absolute Gasteiger partial charge is 0.439 e. The molecule has 1 saturated carbocycles. The minimum Gasteiger partial charge on any atom is -0.439 e. The summed E-state index contributed by atoms with van der Waals surface area (Å²) in [6.07, 6.45) is 7.94. The predicted octanol–water partition coefficient (Wildman–Crippen LogP) is 4.69. The van der Waals surface area contributed by atoms with Crippen molar-refractivity contribution in [1.29, 1.82) is 0 Å². The molecule has 0 radical (unpaired) electrons. The van der Waals surface area contributed by atoms with Crippen molar-refractivity contribution in [2.45, 2.75) is 38.1 Å². The maximum absolute atomic E-state index is 5.97. The fraction of sp³-hybridized carbons (Fsp3) is 0.412. The van der Waals surface area contributed by atoms with Gasteiger partial charge in [0, 0.05) is 24.2 Å². The molecule has 0 atom stereocenters. The van der Waals surface area contributed by atoms with Crippen LogP contribution in [0.4, 0.5) is 5.82 Å². The number of aromatic nitrogens is 2. The standard InChI is InChI=1S/C17H20ClN3O/c1-21(14-7-3-2-4-8-14)16-11-17(20-12-19-16)22-15-9-5-6-13(18)10-15/h5-6,9-12,14H,2-4,7-8H2,1H3. The monoisotopic (exact) mass is 317 g/mol. The number of halogens is 1. The molecule has 3 rings (SSSR count). The smallest absolute Gasteiger partial charge is 0.224 e. The van der Waals surface area contributed by atoms with Gasteiger partial charge in [-0.05, 0) is 31.0 Å². The highest BCUT2D eigenvalue weighted by Gasteiger charge is 2.19. The fourth-order valence-electron chi connectivity index (χ4n) is 2.89. The lowest BCUT2D eigenvalue weighted by molar-refractivity contribution is 0.424. The van der Waals surface area contributed by atoms with E-state index in [4.69, 9.17) is 16.3 Å². The Morgan fingerprint density at radius 1 is 1.14 bits per heavy atom. The molecule has 1 aromatic carbocycles. The fourth-order valence-corrected chi connectivity index (χ4v) is 3.07. The zero-order valence-electron chi connectivity index (χ0n) is 12.7. The molecule has 1 aromatic heterocycles. The Hall–Kier alpha value is -1.81. The van der Waals surface area contributed by atoms with E-state index < -0.39 is 0 Å². The Morgan fingerprint density at radius 3 is 2.73 bits per heavy atom. The lowest BCUT2D eigenvalue weighted by atomic mass is 9.94. The van der Waals surface area contributed by atoms with E-state index >= 15 is 0 Å². The van der Waals surface area contributed by atoms with Crippen LogP contribution in [0.5, 0.6) is 11.6 Å². The van der Waals surface area contributed by atoms with E-state index in [1.54, 1.807) is 12.4 Å². The van der Waals surface area contributed by atoms with E-state index in [-0.39, 0.29) is 0 Å². The van der Waals surface area contributed by atoms with Crippen LogP contribution in [-0.4, -0.2) is 23.1 Å². The van der Waals surface area contributed by atoms with Crippen molar-refractivity contribution in [2.24, 2.45) is 0 Å². The molecule has 0 aliphatic heterocycles. The van der Waals surface area contributed by atoms with Gasteiger partial charge in [0.05, 0.1) is 0 Å². The Morgan fingerprint density at radius 2 is 1.95 bits per heavy atom. The molecule has 5 heteroatoms. The summed E-state index contributed by atoms with van der Waals surface area (Å²) in [5.74, 6) is 2.12. The summed E-state index contributed by atoms with van der Waals surface area (Å²) >= 11 is 5.97. The summed E-state index contributed by atoms with van der Waals surface area (Å²) in [4.78, 5) is 10.8. The minimum atomic E-state index is 0.537. The first kappa shape index (κ1) is 15.1. The van der Waals surface area contributed by atoms with Crippen molar-refractivity contribution in [2.75, 3.05) is 11.9 Å². The van der Waals surface area contributed by atoms with Crippen molar-refractivity contribution in [3.05, 3.63) is 41.7 Å². The van der Waals surface area contributed by atoms with Gasteiger partial charge in [0.2, 0.25) is 5.88 Å². The van der Waals surface area contributed by atoms with Crippen LogP contribution in [0.2, 0.25) is 5.02 Å². The molecule has 1 aliphatic rings. The van der Waals surface area contributed by atoms with Crippen molar-refractivity contribution in [1.82, 2.24) is 9.97 Å². The first-order valence-electron chi connectivity index (χ1n) is 7.71. The summed E-state index contributed by atoms with van der Waals surface area (Å²) in [6.45, 7) is 0. The zero-order chi connectivity index (χ0) is 15.4. The van der Waals surface area contributed by atoms with Gasteiger partial charge in [-0.2, -0.15) is 0 Å². The van der Waals surface area contributed by atoms with E-state index in [0.717, 1.165) is 5.82 Å². The quantitative estimate of drug-likeness (QED) is 0.820. The van der Waals surface area contributed by atoms with E-state index in [1.807, 2.05) is 24.3 Å². The van der Waals surface area contributed by atoms with Crippen LogP contribution in [0.25, 0.3) is 0 Å². The zero-order valence-corrected chi connectivity index (χ0v) is 13.5. The van der Waals surface area contributed by atoms with E-state index in [2.05, 4.69) is 21.9 Å². The average molecular weight is 318 g/mol. The highest BCUT2D eigenvalue weighted by molar-refractivity contribution is 6.30. The van der Waals surface area contributed by atoms with E-state index in [0.29, 0.717) is 22.7 Å². The van der Waals surface area contributed by atoms with Gasteiger partial charge in [0.15, 0.2) is 0 Å². The first-order chi connectivity index (χ1) is 10.7. The third-order valence-electron chi connectivity index (χ3n) is 4.13. The predicted molar refractivity (Wildman–Crippen MR) is 88.8 cm³/mol. The molecule has 4 nitrogen and oxygen atoms in total. The lowest BCUT2D eigenvalue weighted by Crippen LogP contribution is -2.33. The molecule has 0 spiro atoms. The Balaban J connectivity index is 1.74. The van der Waals surface area contributed by atoms with Crippen LogP contribution in [0.3, 0.4) is 0 Å². The second-order valence-electron chi connectivity index (χ2n) is 5.68. The average Bonchev–Trinajstić information content (AvgIpc) is 2.55. The molecule has 0 unspecified atom stereocenters. The summed E-state index contributed by atoms with van der Waals surface area (Å²) in [6, 6.07) is 9.75. The minimum absolute atomic E-state index is 0.537. The van der Waals surface area contributed by atoms with Gasteiger partial charge in [0.1, 0.15) is 17.9 Å². The van der Waals surface area contributed by atoms with Crippen LogP contribution < -0.4 is 9.64 Å². The number of hydrogen-bond donors (Lipinski definition) is 0. The summed E-state index contributed by atoms with van der Waals surface area (Å²) in [7, 11) is 2.10. The Labute approximate surface area is 136 Å². The lowest BCUT2D eigenvalue weighted by Gasteiger charge is -2.32. The third-order valence-corrected chi connectivity index (χ3v) is 4.36. The van der Waals surface area contributed by atoms with Gasteiger partial charge in [0.25, 0.3) is 0 Å². The highest BCUT2D eigenvalue weighted by Crippen LogP contribution is 2.28.